The highest BCUT2D eigenvalue weighted by molar-refractivity contribution is 7.92. The molecule has 1 aliphatic rings. The van der Waals surface area contributed by atoms with Gasteiger partial charge >= 0.3 is 0 Å². The van der Waals surface area contributed by atoms with E-state index in [1.165, 1.54) is 12.1 Å². The van der Waals surface area contributed by atoms with Gasteiger partial charge < -0.3 is 5.32 Å². The van der Waals surface area contributed by atoms with Gasteiger partial charge in [0.1, 0.15) is 6.54 Å². The Kier molecular flexibility index (Phi) is 5.01. The molecule has 25 heavy (non-hydrogen) atoms. The van der Waals surface area contributed by atoms with E-state index in [1.54, 1.807) is 43.3 Å². The van der Waals surface area contributed by atoms with Crippen LogP contribution >= 0.6 is 11.6 Å². The van der Waals surface area contributed by atoms with Gasteiger partial charge in [0, 0.05) is 11.1 Å². The maximum Gasteiger partial charge on any atom is 0.264 e. The fourth-order valence-electron chi connectivity index (χ4n) is 2.50. The summed E-state index contributed by atoms with van der Waals surface area (Å²) in [5.74, 6) is -0.318. The van der Waals surface area contributed by atoms with Gasteiger partial charge in [-0.25, -0.2) is 8.42 Å². The third-order valence-electron chi connectivity index (χ3n) is 4.00. The molecule has 2 aromatic rings. The summed E-state index contributed by atoms with van der Waals surface area (Å²) in [6, 6.07) is 13.2. The van der Waals surface area contributed by atoms with E-state index in [1.807, 2.05) is 0 Å². The summed E-state index contributed by atoms with van der Waals surface area (Å²) >= 11 is 6.07. The number of hydrogen-bond acceptors (Lipinski definition) is 3. The number of anilines is 1. The molecule has 0 spiro atoms. The largest absolute Gasteiger partial charge is 0.352 e. The summed E-state index contributed by atoms with van der Waals surface area (Å²) < 4.78 is 27.4. The fraction of sp³-hybridized carbons (Fsp3) is 0.278. The molecule has 0 radical (unpaired) electrons. The molecule has 1 N–H and O–H groups in total. The quantitative estimate of drug-likeness (QED) is 0.839. The van der Waals surface area contributed by atoms with E-state index in [0.717, 1.165) is 22.7 Å². The van der Waals surface area contributed by atoms with Gasteiger partial charge in [0.15, 0.2) is 0 Å². The molecular formula is C18H19ClN2O3S. The molecule has 0 atom stereocenters. The van der Waals surface area contributed by atoms with Crippen LogP contribution in [0.4, 0.5) is 5.69 Å². The van der Waals surface area contributed by atoms with Crippen molar-refractivity contribution in [2.45, 2.75) is 30.7 Å². The SMILES string of the molecule is Cc1ccc(Cl)cc1N(CC(=O)NC1CC1)S(=O)(=O)c1ccccc1. The number of benzene rings is 2. The molecule has 0 saturated heterocycles. The molecule has 2 aromatic carbocycles. The highest BCUT2D eigenvalue weighted by atomic mass is 35.5. The smallest absolute Gasteiger partial charge is 0.264 e. The molecule has 1 fully saturated rings. The highest BCUT2D eigenvalue weighted by Gasteiger charge is 2.30. The molecule has 1 amide bonds. The van der Waals surface area contributed by atoms with E-state index in [4.69, 9.17) is 11.6 Å². The predicted octanol–water partition coefficient (Wildman–Crippen LogP) is 3.12. The van der Waals surface area contributed by atoms with Gasteiger partial charge in [-0.15, -0.1) is 0 Å². The first-order chi connectivity index (χ1) is 11.9. The number of carbonyl (C=O) groups is 1. The molecule has 0 aromatic heterocycles. The van der Waals surface area contributed by atoms with Gasteiger partial charge in [0.25, 0.3) is 10.0 Å². The Morgan fingerprint density at radius 3 is 2.52 bits per heavy atom. The van der Waals surface area contributed by atoms with E-state index in [9.17, 15) is 13.2 Å². The van der Waals surface area contributed by atoms with Crippen LogP contribution in [0, 0.1) is 6.92 Å². The van der Waals surface area contributed by atoms with Gasteiger partial charge in [-0.1, -0.05) is 35.9 Å². The van der Waals surface area contributed by atoms with Crippen LogP contribution in [0.1, 0.15) is 18.4 Å². The second-order valence-electron chi connectivity index (χ2n) is 6.10. The Labute approximate surface area is 152 Å². The van der Waals surface area contributed by atoms with Crippen LogP contribution < -0.4 is 9.62 Å². The van der Waals surface area contributed by atoms with Crippen LogP contribution in [0.25, 0.3) is 0 Å². The van der Waals surface area contributed by atoms with Crippen LogP contribution in [-0.2, 0) is 14.8 Å². The summed E-state index contributed by atoms with van der Waals surface area (Å²) in [5.41, 5.74) is 1.13. The molecule has 132 valence electrons. The number of sulfonamides is 1. The van der Waals surface area contributed by atoms with Crippen molar-refractivity contribution < 1.29 is 13.2 Å². The first-order valence-corrected chi connectivity index (χ1v) is 9.83. The van der Waals surface area contributed by atoms with E-state index in [-0.39, 0.29) is 23.4 Å². The molecule has 1 saturated carbocycles. The van der Waals surface area contributed by atoms with Crippen molar-refractivity contribution in [3.63, 3.8) is 0 Å². The summed E-state index contributed by atoms with van der Waals surface area (Å²) in [5, 5.41) is 3.25. The van der Waals surface area contributed by atoms with Gasteiger partial charge in [-0.05, 0) is 49.6 Å². The van der Waals surface area contributed by atoms with Crippen LogP contribution in [0.3, 0.4) is 0 Å². The summed E-state index contributed by atoms with van der Waals surface area (Å²) in [6.07, 6.45) is 1.88. The first kappa shape index (κ1) is 17.8. The number of amides is 1. The third-order valence-corrected chi connectivity index (χ3v) is 6.01. The van der Waals surface area contributed by atoms with Crippen molar-refractivity contribution in [3.05, 3.63) is 59.1 Å². The normalized spacial score (nSPS) is 14.2. The zero-order valence-electron chi connectivity index (χ0n) is 13.8. The second-order valence-corrected chi connectivity index (χ2v) is 8.40. The zero-order valence-corrected chi connectivity index (χ0v) is 15.3. The van der Waals surface area contributed by atoms with Gasteiger partial charge in [0.2, 0.25) is 5.91 Å². The predicted molar refractivity (Wildman–Crippen MR) is 98.3 cm³/mol. The summed E-state index contributed by atoms with van der Waals surface area (Å²) in [6.45, 7) is 1.51. The van der Waals surface area contributed by atoms with Crippen molar-refractivity contribution >= 4 is 33.2 Å². The molecule has 5 nitrogen and oxygen atoms in total. The van der Waals surface area contributed by atoms with E-state index < -0.39 is 10.0 Å². The van der Waals surface area contributed by atoms with Crippen molar-refractivity contribution in [2.75, 3.05) is 10.8 Å². The minimum Gasteiger partial charge on any atom is -0.352 e. The number of carbonyl (C=O) groups excluding carboxylic acids is 1. The number of rotatable bonds is 6. The van der Waals surface area contributed by atoms with Gasteiger partial charge in [0.05, 0.1) is 10.6 Å². The summed E-state index contributed by atoms with van der Waals surface area (Å²) in [7, 11) is -3.89. The lowest BCUT2D eigenvalue weighted by Crippen LogP contribution is -2.41. The molecule has 0 bridgehead atoms. The number of nitrogens with zero attached hydrogens (tertiary/aromatic N) is 1. The Balaban J connectivity index is 2.01. The van der Waals surface area contributed by atoms with Crippen LogP contribution in [0.15, 0.2) is 53.4 Å². The van der Waals surface area contributed by atoms with Crippen LogP contribution in [-0.4, -0.2) is 26.9 Å². The molecule has 1 aliphatic carbocycles. The molecule has 0 aliphatic heterocycles. The molecule has 0 unspecified atom stereocenters. The Morgan fingerprint density at radius 1 is 1.20 bits per heavy atom. The number of halogens is 1. The van der Waals surface area contributed by atoms with Crippen molar-refractivity contribution in [1.29, 1.82) is 0 Å². The van der Waals surface area contributed by atoms with Crippen molar-refractivity contribution in [1.82, 2.24) is 5.32 Å². The van der Waals surface area contributed by atoms with Crippen LogP contribution in [0.2, 0.25) is 5.02 Å². The Bertz CT molecular complexity index is 880. The minimum atomic E-state index is -3.89. The topological polar surface area (TPSA) is 66.5 Å². The second kappa shape index (κ2) is 7.06. The maximum absolute atomic E-state index is 13.1. The first-order valence-electron chi connectivity index (χ1n) is 8.01. The van der Waals surface area contributed by atoms with Crippen molar-refractivity contribution in [2.24, 2.45) is 0 Å². The molecule has 3 rings (SSSR count). The lowest BCUT2D eigenvalue weighted by Gasteiger charge is -2.25. The maximum atomic E-state index is 13.1. The van der Waals surface area contributed by atoms with E-state index in [2.05, 4.69) is 5.32 Å². The number of hydrogen-bond donors (Lipinski definition) is 1. The third kappa shape index (κ3) is 4.14. The average molecular weight is 379 g/mol. The fourth-order valence-corrected chi connectivity index (χ4v) is 4.17. The van der Waals surface area contributed by atoms with E-state index in [0.29, 0.717) is 10.7 Å². The van der Waals surface area contributed by atoms with E-state index >= 15 is 0 Å². The number of nitrogens with one attached hydrogen (secondary N) is 1. The average Bonchev–Trinajstić information content (AvgIpc) is 3.39. The Morgan fingerprint density at radius 2 is 1.88 bits per heavy atom. The molecule has 7 heteroatoms. The lowest BCUT2D eigenvalue weighted by atomic mass is 10.2. The van der Waals surface area contributed by atoms with Gasteiger partial charge in [-0.3, -0.25) is 9.10 Å². The monoisotopic (exact) mass is 378 g/mol. The van der Waals surface area contributed by atoms with Crippen LogP contribution in [0.5, 0.6) is 0 Å². The number of aryl methyl sites for hydroxylation is 1. The molecular weight excluding hydrogens is 360 g/mol. The highest BCUT2D eigenvalue weighted by Crippen LogP contribution is 2.29. The molecule has 0 heterocycles. The standard InChI is InChI=1S/C18H19ClN2O3S/c1-13-7-8-14(19)11-17(13)21(12-18(22)20-15-9-10-15)25(23,24)16-5-3-2-4-6-16/h2-8,11,15H,9-10,12H2,1H3,(H,20,22). The lowest BCUT2D eigenvalue weighted by molar-refractivity contribution is -0.119. The van der Waals surface area contributed by atoms with Gasteiger partial charge in [-0.2, -0.15) is 0 Å². The Hall–Kier alpha value is -2.05. The van der Waals surface area contributed by atoms with Crippen molar-refractivity contribution in [3.8, 4) is 0 Å². The minimum absolute atomic E-state index is 0.133. The summed E-state index contributed by atoms with van der Waals surface area (Å²) in [4.78, 5) is 12.4. The zero-order chi connectivity index (χ0) is 18.0.